The molecule has 5 nitrogen and oxygen atoms in total. The molecule has 1 aromatic carbocycles. The number of halogens is 2. The third kappa shape index (κ3) is 4.71. The Morgan fingerprint density at radius 1 is 1.26 bits per heavy atom. The number of benzene rings is 1. The summed E-state index contributed by atoms with van der Waals surface area (Å²) in [5.74, 6) is -0.208. The van der Waals surface area contributed by atoms with Crippen LogP contribution in [0.3, 0.4) is 0 Å². The van der Waals surface area contributed by atoms with Crippen molar-refractivity contribution in [2.45, 2.75) is 46.1 Å². The van der Waals surface area contributed by atoms with E-state index in [9.17, 15) is 15.2 Å². The number of hydrogen-bond donors (Lipinski definition) is 1. The Labute approximate surface area is 168 Å². The highest BCUT2D eigenvalue weighted by Gasteiger charge is 2.18. The monoisotopic (exact) mass is 405 g/mol. The lowest BCUT2D eigenvalue weighted by Gasteiger charge is -2.14. The second kappa shape index (κ2) is 9.59. The lowest BCUT2D eigenvalue weighted by molar-refractivity contribution is 0.397. The highest BCUT2D eigenvalue weighted by atomic mass is 35.5. The Morgan fingerprint density at radius 3 is 2.52 bits per heavy atom. The molecule has 0 saturated heterocycles. The maximum absolute atomic E-state index is 12.5. The van der Waals surface area contributed by atoms with Crippen LogP contribution in [-0.2, 0) is 6.54 Å². The molecule has 142 valence electrons. The largest absolute Gasteiger partial charge is 0.494 e. The van der Waals surface area contributed by atoms with Gasteiger partial charge in [-0.25, -0.2) is 0 Å². The quantitative estimate of drug-likeness (QED) is 0.496. The molecule has 0 atom stereocenters. The van der Waals surface area contributed by atoms with Crippen LogP contribution < -0.4 is 5.56 Å². The van der Waals surface area contributed by atoms with Crippen LogP contribution in [0.1, 0.15) is 49.3 Å². The summed E-state index contributed by atoms with van der Waals surface area (Å²) in [5.41, 5.74) is 0.542. The summed E-state index contributed by atoms with van der Waals surface area (Å²) in [6, 6.07) is 6.95. The fraction of sp³-hybridized carbons (Fsp3) is 0.350. The number of nitriles is 1. The number of pyridine rings is 1. The third-order valence-electron chi connectivity index (χ3n) is 4.34. The number of aliphatic imine (C=N–C) groups is 1. The molecule has 0 radical (unpaired) electrons. The molecule has 2 rings (SSSR count). The maximum Gasteiger partial charge on any atom is 0.271 e. The molecule has 1 heterocycles. The van der Waals surface area contributed by atoms with Crippen LogP contribution in [0.25, 0.3) is 0 Å². The topological polar surface area (TPSA) is 78.4 Å². The fourth-order valence-electron chi connectivity index (χ4n) is 2.77. The van der Waals surface area contributed by atoms with Crippen molar-refractivity contribution in [3.8, 4) is 11.9 Å². The number of rotatable bonds is 7. The van der Waals surface area contributed by atoms with Crippen molar-refractivity contribution in [2.75, 3.05) is 0 Å². The van der Waals surface area contributed by atoms with Gasteiger partial charge in [-0.3, -0.25) is 14.4 Å². The van der Waals surface area contributed by atoms with Crippen LogP contribution in [0.2, 0.25) is 10.0 Å². The molecular weight excluding hydrogens is 385 g/mol. The zero-order valence-electron chi connectivity index (χ0n) is 15.3. The molecule has 2 aromatic rings. The first-order valence-corrected chi connectivity index (χ1v) is 9.52. The Hall–Kier alpha value is -2.29. The second-order valence-electron chi connectivity index (χ2n) is 6.20. The number of nitrogens with zero attached hydrogens (tertiary/aromatic N) is 3. The van der Waals surface area contributed by atoms with Crippen LogP contribution in [0, 0.1) is 18.3 Å². The normalized spacial score (nSPS) is 11.1. The first-order chi connectivity index (χ1) is 12.9. The molecule has 0 saturated carbocycles. The summed E-state index contributed by atoms with van der Waals surface area (Å²) < 4.78 is 1.23. The molecule has 0 aliphatic heterocycles. The molecule has 27 heavy (non-hydrogen) atoms. The Bertz CT molecular complexity index is 939. The van der Waals surface area contributed by atoms with Crippen LogP contribution in [-0.4, -0.2) is 15.9 Å². The summed E-state index contributed by atoms with van der Waals surface area (Å²) >= 11 is 12.2. The minimum absolute atomic E-state index is 0.00463. The van der Waals surface area contributed by atoms with Gasteiger partial charge in [0.25, 0.3) is 5.56 Å². The van der Waals surface area contributed by atoms with Crippen molar-refractivity contribution >= 4 is 35.1 Å². The summed E-state index contributed by atoms with van der Waals surface area (Å²) in [5, 5.41) is 20.8. The van der Waals surface area contributed by atoms with E-state index < -0.39 is 5.56 Å². The third-order valence-corrected chi connectivity index (χ3v) is 4.95. The zero-order chi connectivity index (χ0) is 20.0. The number of aromatic hydroxyl groups is 1. The minimum atomic E-state index is -0.489. The van der Waals surface area contributed by atoms with Gasteiger partial charge in [-0.15, -0.1) is 0 Å². The number of para-hydroxylation sites is 1. The zero-order valence-corrected chi connectivity index (χ0v) is 16.8. The molecular formula is C20H21Cl2N3O2. The standard InChI is InChI=1S/C20H21Cl2N3O2/c1-3-4-5-6-10-25-19(26)14(11-23)13(2)15(20(25)27)12-24-18-16(21)8-7-9-17(18)22/h7-9,12,27H,3-6,10H2,1-2H3. The predicted octanol–water partition coefficient (Wildman–Crippen LogP) is 5.37. The first kappa shape index (κ1) is 21.0. The van der Waals surface area contributed by atoms with E-state index in [0.29, 0.717) is 33.4 Å². The van der Waals surface area contributed by atoms with Gasteiger partial charge < -0.3 is 5.11 Å². The predicted molar refractivity (Wildman–Crippen MR) is 110 cm³/mol. The molecule has 0 aliphatic carbocycles. The molecule has 1 N–H and O–H groups in total. The minimum Gasteiger partial charge on any atom is -0.494 e. The van der Waals surface area contributed by atoms with Crippen molar-refractivity contribution in [3.63, 3.8) is 0 Å². The van der Waals surface area contributed by atoms with E-state index in [2.05, 4.69) is 11.9 Å². The highest BCUT2D eigenvalue weighted by molar-refractivity contribution is 6.38. The molecule has 0 unspecified atom stereocenters. The number of unbranched alkanes of at least 4 members (excludes halogenated alkanes) is 3. The van der Waals surface area contributed by atoms with Crippen molar-refractivity contribution in [3.05, 3.63) is 55.3 Å². The van der Waals surface area contributed by atoms with Crippen molar-refractivity contribution in [1.82, 2.24) is 4.57 Å². The van der Waals surface area contributed by atoms with Crippen LogP contribution in [0.4, 0.5) is 5.69 Å². The van der Waals surface area contributed by atoms with E-state index in [1.165, 1.54) is 10.8 Å². The summed E-state index contributed by atoms with van der Waals surface area (Å²) in [4.78, 5) is 16.8. The fourth-order valence-corrected chi connectivity index (χ4v) is 3.27. The van der Waals surface area contributed by atoms with Gasteiger partial charge in [-0.1, -0.05) is 55.5 Å². The van der Waals surface area contributed by atoms with E-state index in [1.807, 2.05) is 6.07 Å². The lowest BCUT2D eigenvalue weighted by atomic mass is 10.1. The van der Waals surface area contributed by atoms with Gasteiger partial charge in [0.15, 0.2) is 0 Å². The van der Waals surface area contributed by atoms with Gasteiger partial charge in [0.05, 0.1) is 15.6 Å². The second-order valence-corrected chi connectivity index (χ2v) is 7.01. The van der Waals surface area contributed by atoms with Gasteiger partial charge in [0.2, 0.25) is 5.88 Å². The van der Waals surface area contributed by atoms with E-state index in [1.54, 1.807) is 25.1 Å². The maximum atomic E-state index is 12.5. The number of aromatic nitrogens is 1. The molecule has 0 bridgehead atoms. The van der Waals surface area contributed by atoms with Gasteiger partial charge in [0, 0.05) is 12.8 Å². The Kier molecular flexibility index (Phi) is 7.46. The Morgan fingerprint density at radius 2 is 1.93 bits per heavy atom. The van der Waals surface area contributed by atoms with Crippen LogP contribution in [0.15, 0.2) is 28.0 Å². The van der Waals surface area contributed by atoms with Gasteiger partial charge >= 0.3 is 0 Å². The van der Waals surface area contributed by atoms with Crippen LogP contribution in [0.5, 0.6) is 5.88 Å². The van der Waals surface area contributed by atoms with Gasteiger partial charge in [-0.05, 0) is 31.0 Å². The van der Waals surface area contributed by atoms with Crippen molar-refractivity contribution < 1.29 is 5.11 Å². The van der Waals surface area contributed by atoms with Crippen molar-refractivity contribution in [2.24, 2.45) is 4.99 Å². The van der Waals surface area contributed by atoms with Crippen molar-refractivity contribution in [1.29, 1.82) is 5.26 Å². The molecule has 1 aromatic heterocycles. The molecule has 7 heteroatoms. The molecule has 0 spiro atoms. The summed E-state index contributed by atoms with van der Waals surface area (Å²) in [6.45, 7) is 4.04. The first-order valence-electron chi connectivity index (χ1n) is 8.76. The van der Waals surface area contributed by atoms with E-state index >= 15 is 0 Å². The number of hydrogen-bond acceptors (Lipinski definition) is 4. The van der Waals surface area contributed by atoms with E-state index in [4.69, 9.17) is 23.2 Å². The van der Waals surface area contributed by atoms with E-state index in [0.717, 1.165) is 25.7 Å². The van der Waals surface area contributed by atoms with Gasteiger partial charge in [0.1, 0.15) is 17.3 Å². The lowest BCUT2D eigenvalue weighted by Crippen LogP contribution is -2.25. The molecule has 0 aliphatic rings. The highest BCUT2D eigenvalue weighted by Crippen LogP contribution is 2.33. The summed E-state index contributed by atoms with van der Waals surface area (Å²) in [6.07, 6.45) is 5.18. The van der Waals surface area contributed by atoms with Crippen LogP contribution >= 0.6 is 23.2 Å². The average molecular weight is 406 g/mol. The average Bonchev–Trinajstić information content (AvgIpc) is 2.63. The Balaban J connectivity index is 2.51. The SMILES string of the molecule is CCCCCCn1c(O)c(C=Nc2c(Cl)cccc2Cl)c(C)c(C#N)c1=O. The smallest absolute Gasteiger partial charge is 0.271 e. The summed E-state index contributed by atoms with van der Waals surface area (Å²) in [7, 11) is 0. The molecule has 0 amide bonds. The molecule has 0 fully saturated rings. The van der Waals surface area contributed by atoms with E-state index in [-0.39, 0.29) is 11.4 Å². The van der Waals surface area contributed by atoms with Gasteiger partial charge in [-0.2, -0.15) is 5.26 Å².